The smallest absolute Gasteiger partial charge is 0.271 e. The van der Waals surface area contributed by atoms with Gasteiger partial charge in [-0.05, 0) is 93.2 Å². The fourth-order valence-corrected chi connectivity index (χ4v) is 5.98. The van der Waals surface area contributed by atoms with Crippen LogP contribution in [0, 0.1) is 13.8 Å². The third-order valence-electron chi connectivity index (χ3n) is 5.63. The number of benzene rings is 4. The van der Waals surface area contributed by atoms with Crippen molar-refractivity contribution in [3.8, 4) is 11.5 Å². The maximum atomic E-state index is 12.0. The van der Waals surface area contributed by atoms with Crippen LogP contribution in [0.25, 0.3) is 0 Å². The molecule has 0 aliphatic carbocycles. The van der Waals surface area contributed by atoms with Crippen LogP contribution in [-0.4, -0.2) is 34.5 Å². The van der Waals surface area contributed by atoms with Gasteiger partial charge in [0.2, 0.25) is 0 Å². The lowest BCUT2D eigenvalue weighted by Gasteiger charge is -2.04. The number of halogens is 4. The molecule has 12 heteroatoms. The molecule has 216 valence electrons. The Morgan fingerprint density at radius 2 is 1.00 bits per heavy atom. The molecule has 0 bridgehead atoms. The highest BCUT2D eigenvalue weighted by molar-refractivity contribution is 9.11. The van der Waals surface area contributed by atoms with E-state index in [4.69, 9.17) is 0 Å². The summed E-state index contributed by atoms with van der Waals surface area (Å²) < 4.78 is 2.67. The highest BCUT2D eigenvalue weighted by Crippen LogP contribution is 2.31. The number of phenolic OH excluding ortho intramolecular Hbond substituents is 2. The molecule has 0 saturated heterocycles. The summed E-state index contributed by atoms with van der Waals surface area (Å²) in [7, 11) is 0. The number of aromatic hydroxyl groups is 2. The van der Waals surface area contributed by atoms with Gasteiger partial charge in [0.05, 0.1) is 21.4 Å². The van der Waals surface area contributed by atoms with E-state index in [9.17, 15) is 19.8 Å². The Morgan fingerprint density at radius 1 is 0.643 bits per heavy atom. The summed E-state index contributed by atoms with van der Waals surface area (Å²) in [5.74, 6) is -0.463. The van der Waals surface area contributed by atoms with Crippen molar-refractivity contribution >= 4 is 88.0 Å². The first-order valence-electron chi connectivity index (χ1n) is 12.1. The molecule has 0 unspecified atom stereocenters. The maximum Gasteiger partial charge on any atom is 0.271 e. The quantitative estimate of drug-likeness (QED) is 0.116. The van der Waals surface area contributed by atoms with E-state index in [0.717, 1.165) is 20.1 Å². The highest BCUT2D eigenvalue weighted by atomic mass is 79.9. The lowest BCUT2D eigenvalue weighted by atomic mass is 10.1. The zero-order valence-corrected chi connectivity index (χ0v) is 28.5. The van der Waals surface area contributed by atoms with Crippen LogP contribution in [0.2, 0.25) is 0 Å². The number of hydrogen-bond donors (Lipinski definition) is 4. The van der Waals surface area contributed by atoms with Gasteiger partial charge in [-0.1, -0.05) is 68.3 Å². The molecule has 0 atom stereocenters. The first-order valence-corrected chi connectivity index (χ1v) is 15.3. The van der Waals surface area contributed by atoms with Crippen LogP contribution in [-0.2, 0) is 0 Å². The molecule has 2 amide bonds. The predicted octanol–water partition coefficient (Wildman–Crippen LogP) is 7.98. The second-order valence-corrected chi connectivity index (χ2v) is 12.2. The number of carbonyl (C=O) groups excluding carboxylic acids is 2. The number of nitrogens with one attached hydrogen (secondary N) is 2. The van der Waals surface area contributed by atoms with Gasteiger partial charge in [0.1, 0.15) is 11.5 Å². The van der Waals surface area contributed by atoms with Crippen molar-refractivity contribution in [2.24, 2.45) is 10.2 Å². The number of hydrazone groups is 2. The van der Waals surface area contributed by atoms with Gasteiger partial charge in [-0.15, -0.1) is 0 Å². The fraction of sp³-hybridized carbons (Fsp3) is 0.0667. The molecular formula is C30H24Br4N4O4. The zero-order chi connectivity index (χ0) is 30.8. The van der Waals surface area contributed by atoms with E-state index in [2.05, 4.69) is 84.8 Å². The number of amides is 2. The van der Waals surface area contributed by atoms with Crippen LogP contribution in [0.4, 0.5) is 0 Å². The second kappa shape index (κ2) is 15.8. The van der Waals surface area contributed by atoms with Gasteiger partial charge in [-0.2, -0.15) is 10.2 Å². The normalized spacial score (nSPS) is 10.8. The topological polar surface area (TPSA) is 123 Å². The number of hydrogen-bond acceptors (Lipinski definition) is 6. The average Bonchev–Trinajstić information content (AvgIpc) is 2.94. The molecule has 0 radical (unpaired) electrons. The number of aryl methyl sites for hydroxylation is 2. The molecule has 0 aliphatic rings. The van der Waals surface area contributed by atoms with Crippen molar-refractivity contribution in [1.82, 2.24) is 10.9 Å². The highest BCUT2D eigenvalue weighted by Gasteiger charge is 2.09. The Balaban J connectivity index is 0.000000230. The van der Waals surface area contributed by atoms with Gasteiger partial charge in [-0.3, -0.25) is 9.59 Å². The largest absolute Gasteiger partial charge is 0.506 e. The summed E-state index contributed by atoms with van der Waals surface area (Å²) in [6.07, 6.45) is 2.78. The molecule has 0 saturated carbocycles. The summed E-state index contributed by atoms with van der Waals surface area (Å²) in [6, 6.07) is 21.3. The summed E-state index contributed by atoms with van der Waals surface area (Å²) in [5, 5.41) is 27.5. The van der Waals surface area contributed by atoms with E-state index in [-0.39, 0.29) is 23.3 Å². The lowest BCUT2D eigenvalue weighted by molar-refractivity contribution is 0.0946. The first kappa shape index (κ1) is 33.2. The van der Waals surface area contributed by atoms with Crippen molar-refractivity contribution in [2.75, 3.05) is 0 Å². The molecule has 0 fully saturated rings. The molecular weight excluding hydrogens is 800 g/mol. The van der Waals surface area contributed by atoms with Crippen LogP contribution in [0.5, 0.6) is 11.5 Å². The van der Waals surface area contributed by atoms with Gasteiger partial charge in [-0.25, -0.2) is 10.9 Å². The van der Waals surface area contributed by atoms with Crippen molar-refractivity contribution in [2.45, 2.75) is 13.8 Å². The summed E-state index contributed by atoms with van der Waals surface area (Å²) >= 11 is 13.1. The Bertz CT molecular complexity index is 1550. The van der Waals surface area contributed by atoms with E-state index in [1.807, 2.05) is 38.1 Å². The molecule has 42 heavy (non-hydrogen) atoms. The lowest BCUT2D eigenvalue weighted by Crippen LogP contribution is -2.18. The molecule has 4 aromatic carbocycles. The third-order valence-corrected chi connectivity index (χ3v) is 7.76. The van der Waals surface area contributed by atoms with E-state index in [0.29, 0.717) is 31.2 Å². The molecule has 8 nitrogen and oxygen atoms in total. The van der Waals surface area contributed by atoms with Crippen LogP contribution >= 0.6 is 63.7 Å². The molecule has 0 aliphatic heterocycles. The van der Waals surface area contributed by atoms with Gasteiger partial charge in [0.15, 0.2) is 0 Å². The Morgan fingerprint density at radius 3 is 1.36 bits per heavy atom. The van der Waals surface area contributed by atoms with E-state index < -0.39 is 0 Å². The first-order chi connectivity index (χ1) is 20.0. The molecule has 0 spiro atoms. The Kier molecular flexibility index (Phi) is 12.5. The predicted molar refractivity (Wildman–Crippen MR) is 179 cm³/mol. The minimum absolute atomic E-state index is 0.0621. The number of carbonyl (C=O) groups is 2. The zero-order valence-electron chi connectivity index (χ0n) is 22.2. The van der Waals surface area contributed by atoms with Gasteiger partial charge >= 0.3 is 0 Å². The van der Waals surface area contributed by atoms with Gasteiger partial charge < -0.3 is 10.2 Å². The average molecular weight is 824 g/mol. The monoisotopic (exact) mass is 820 g/mol. The van der Waals surface area contributed by atoms with Crippen LogP contribution in [0.1, 0.15) is 43.0 Å². The maximum absolute atomic E-state index is 12.0. The van der Waals surface area contributed by atoms with E-state index in [1.165, 1.54) is 12.4 Å². The van der Waals surface area contributed by atoms with Crippen molar-refractivity contribution in [1.29, 1.82) is 0 Å². The van der Waals surface area contributed by atoms with Crippen LogP contribution in [0.15, 0.2) is 101 Å². The van der Waals surface area contributed by atoms with E-state index in [1.54, 1.807) is 48.5 Å². The number of nitrogens with zero attached hydrogens (tertiary/aromatic N) is 2. The van der Waals surface area contributed by atoms with Crippen LogP contribution in [0.3, 0.4) is 0 Å². The number of rotatable bonds is 6. The van der Waals surface area contributed by atoms with Crippen LogP contribution < -0.4 is 10.9 Å². The standard InChI is InChI=1S/2C15H12Br2N2O2/c2*1-9-4-2-3-5-12(9)15(21)19-18-8-10-6-11(16)7-13(17)14(10)20/h2*2-8,20H,1H3,(H,19,21)/b2*18-8+. The summed E-state index contributed by atoms with van der Waals surface area (Å²) in [5.41, 5.74) is 8.74. The Hall–Kier alpha value is -3.32. The summed E-state index contributed by atoms with van der Waals surface area (Å²) in [4.78, 5) is 23.9. The van der Waals surface area contributed by atoms with Crippen molar-refractivity contribution < 1.29 is 19.8 Å². The molecule has 4 rings (SSSR count). The van der Waals surface area contributed by atoms with Gasteiger partial charge in [0.25, 0.3) is 11.8 Å². The molecule has 4 aromatic rings. The van der Waals surface area contributed by atoms with Crippen molar-refractivity contribution in [3.63, 3.8) is 0 Å². The molecule has 0 aromatic heterocycles. The second-order valence-electron chi connectivity index (χ2n) is 8.68. The Labute approximate surface area is 276 Å². The molecule has 4 N–H and O–H groups in total. The molecule has 0 heterocycles. The number of phenols is 2. The minimum atomic E-state index is -0.294. The van der Waals surface area contributed by atoms with Gasteiger partial charge in [0, 0.05) is 31.2 Å². The summed E-state index contributed by atoms with van der Waals surface area (Å²) in [6.45, 7) is 3.71. The SMILES string of the molecule is Cc1ccccc1C(=O)N/N=C/c1cc(Br)cc(Br)c1O.Cc1ccccc1C(=O)N/N=C/c1cc(Br)cc(Br)c1O. The van der Waals surface area contributed by atoms with E-state index >= 15 is 0 Å². The fourth-order valence-electron chi connectivity index (χ4n) is 3.47. The minimum Gasteiger partial charge on any atom is -0.506 e. The van der Waals surface area contributed by atoms with Crippen molar-refractivity contribution in [3.05, 3.63) is 124 Å². The third kappa shape index (κ3) is 9.35.